The average Bonchev–Trinajstić information content (AvgIpc) is 2.45. The van der Waals surface area contributed by atoms with E-state index < -0.39 is 23.8 Å². The van der Waals surface area contributed by atoms with E-state index in [2.05, 4.69) is 5.32 Å². The minimum absolute atomic E-state index is 0.0325. The fraction of sp³-hybridized carbons (Fsp3) is 0.188. The van der Waals surface area contributed by atoms with E-state index in [1.54, 1.807) is 0 Å². The summed E-state index contributed by atoms with van der Waals surface area (Å²) < 4.78 is 51.4. The summed E-state index contributed by atoms with van der Waals surface area (Å²) >= 11 is 11.7. The van der Waals surface area contributed by atoms with Crippen molar-refractivity contribution in [2.24, 2.45) is 0 Å². The lowest BCUT2D eigenvalue weighted by Gasteiger charge is -2.10. The molecule has 0 amide bonds. The number of carbonyl (C=O) groups excluding carboxylic acids is 1. The maximum atomic E-state index is 13.1. The van der Waals surface area contributed by atoms with Crippen molar-refractivity contribution in [2.75, 3.05) is 6.54 Å². The molecule has 0 aromatic heterocycles. The Kier molecular flexibility index (Phi) is 6.21. The first-order valence-corrected chi connectivity index (χ1v) is 7.49. The van der Waals surface area contributed by atoms with Gasteiger partial charge >= 0.3 is 0 Å². The number of halogens is 6. The molecule has 0 bridgehead atoms. The number of rotatable bonds is 6. The molecule has 2 aromatic carbocycles. The molecule has 0 saturated heterocycles. The third-order valence-electron chi connectivity index (χ3n) is 3.13. The number of carbonyl (C=O) groups is 1. The van der Waals surface area contributed by atoms with Crippen LogP contribution in [0.1, 0.15) is 27.9 Å². The molecule has 0 unspecified atom stereocenters. The number of Topliss-reactive ketones (excluding diaryl/α,β-unsaturated/α-hetero) is 1. The van der Waals surface area contributed by atoms with E-state index in [-0.39, 0.29) is 34.3 Å². The van der Waals surface area contributed by atoms with Crippen LogP contribution in [0.25, 0.3) is 0 Å². The summed E-state index contributed by atoms with van der Waals surface area (Å²) in [6.07, 6.45) is -2.76. The second kappa shape index (κ2) is 7.96. The molecule has 0 spiro atoms. The number of hydrogen-bond donors (Lipinski definition) is 1. The molecule has 8 heteroatoms. The van der Waals surface area contributed by atoms with Crippen LogP contribution >= 0.6 is 23.2 Å². The van der Waals surface area contributed by atoms with E-state index in [1.165, 1.54) is 0 Å². The molecule has 0 saturated carbocycles. The lowest BCUT2D eigenvalue weighted by Crippen LogP contribution is -2.23. The Balaban J connectivity index is 2.05. The van der Waals surface area contributed by atoms with Gasteiger partial charge in [-0.25, -0.2) is 17.6 Å². The zero-order valence-corrected chi connectivity index (χ0v) is 13.6. The molecule has 128 valence electrons. The fourth-order valence-corrected chi connectivity index (χ4v) is 2.82. The Morgan fingerprint density at radius 1 is 1.00 bits per heavy atom. The maximum absolute atomic E-state index is 13.1. The van der Waals surface area contributed by atoms with Crippen molar-refractivity contribution >= 4 is 29.0 Å². The molecular weight excluding hydrogens is 369 g/mol. The third-order valence-corrected chi connectivity index (χ3v) is 3.73. The molecule has 2 nitrogen and oxygen atoms in total. The minimum atomic E-state index is -2.76. The van der Waals surface area contributed by atoms with Crippen molar-refractivity contribution in [3.63, 3.8) is 0 Å². The van der Waals surface area contributed by atoms with Crippen molar-refractivity contribution < 1.29 is 22.4 Å². The van der Waals surface area contributed by atoms with Gasteiger partial charge in [-0.1, -0.05) is 23.2 Å². The van der Waals surface area contributed by atoms with E-state index >= 15 is 0 Å². The first kappa shape index (κ1) is 18.7. The fourth-order valence-electron chi connectivity index (χ4n) is 2.11. The Morgan fingerprint density at radius 3 is 2.04 bits per heavy atom. The Hall–Kier alpha value is -1.63. The molecule has 2 rings (SSSR count). The summed E-state index contributed by atoms with van der Waals surface area (Å²) in [7, 11) is 0. The largest absolute Gasteiger partial charge is 0.306 e. The van der Waals surface area contributed by atoms with Crippen LogP contribution in [0.4, 0.5) is 17.6 Å². The van der Waals surface area contributed by atoms with Gasteiger partial charge in [-0.15, -0.1) is 0 Å². The third kappa shape index (κ3) is 4.69. The predicted molar refractivity (Wildman–Crippen MR) is 83.8 cm³/mol. The highest BCUT2D eigenvalue weighted by molar-refractivity contribution is 6.40. The van der Waals surface area contributed by atoms with Crippen LogP contribution in [0.2, 0.25) is 10.0 Å². The quantitative estimate of drug-likeness (QED) is 0.553. The molecule has 0 aliphatic rings. The van der Waals surface area contributed by atoms with Crippen LogP contribution in [-0.4, -0.2) is 12.3 Å². The molecule has 24 heavy (non-hydrogen) atoms. The van der Waals surface area contributed by atoms with Crippen molar-refractivity contribution in [1.29, 1.82) is 0 Å². The van der Waals surface area contributed by atoms with E-state index in [0.717, 1.165) is 30.3 Å². The number of nitrogens with one attached hydrogen (secondary N) is 1. The lowest BCUT2D eigenvalue weighted by atomic mass is 10.1. The number of hydrogen-bond acceptors (Lipinski definition) is 2. The molecule has 1 N–H and O–H groups in total. The molecule has 0 atom stereocenters. The smallest absolute Gasteiger partial charge is 0.263 e. The van der Waals surface area contributed by atoms with E-state index in [1.807, 2.05) is 0 Å². The molecular formula is C16H11Cl2F4NO. The van der Waals surface area contributed by atoms with Crippen LogP contribution in [-0.2, 0) is 6.54 Å². The normalized spacial score (nSPS) is 11.1. The van der Waals surface area contributed by atoms with Gasteiger partial charge in [-0.05, 0) is 29.8 Å². The standard InChI is InChI=1S/C16H11Cl2F4NO/c17-12-3-9(16(21)22)4-13(18)15(12)14(24)7-23-6-8-1-10(19)5-11(20)2-8/h1-5,16,23H,6-7H2. The van der Waals surface area contributed by atoms with Gasteiger partial charge < -0.3 is 5.32 Å². The van der Waals surface area contributed by atoms with Gasteiger partial charge in [0.2, 0.25) is 0 Å². The predicted octanol–water partition coefficient (Wildman–Crippen LogP) is 5.18. The molecule has 0 fully saturated rings. The zero-order chi connectivity index (χ0) is 17.9. The van der Waals surface area contributed by atoms with Gasteiger partial charge in [0.15, 0.2) is 5.78 Å². The summed E-state index contributed by atoms with van der Waals surface area (Å²) in [5.41, 5.74) is -0.157. The minimum Gasteiger partial charge on any atom is -0.306 e. The summed E-state index contributed by atoms with van der Waals surface area (Å²) in [6.45, 7) is -0.198. The Bertz CT molecular complexity index is 724. The van der Waals surface area contributed by atoms with Gasteiger partial charge in [0.1, 0.15) is 11.6 Å². The summed E-state index contributed by atoms with van der Waals surface area (Å²) in [5, 5.41) is 2.34. The van der Waals surface area contributed by atoms with Gasteiger partial charge in [-0.3, -0.25) is 4.79 Å². The number of benzene rings is 2. The lowest BCUT2D eigenvalue weighted by molar-refractivity contribution is 0.0990. The Morgan fingerprint density at radius 2 is 1.54 bits per heavy atom. The van der Waals surface area contributed by atoms with E-state index in [0.29, 0.717) is 5.56 Å². The molecule has 0 aliphatic carbocycles. The van der Waals surface area contributed by atoms with Crippen LogP contribution < -0.4 is 5.32 Å². The van der Waals surface area contributed by atoms with E-state index in [9.17, 15) is 22.4 Å². The van der Waals surface area contributed by atoms with Crippen LogP contribution in [0.3, 0.4) is 0 Å². The van der Waals surface area contributed by atoms with Crippen molar-refractivity contribution in [3.05, 3.63) is 68.7 Å². The Labute approximate surface area is 145 Å². The maximum Gasteiger partial charge on any atom is 0.263 e. The molecule has 0 radical (unpaired) electrons. The number of ketones is 1. The summed E-state index contributed by atoms with van der Waals surface area (Å²) in [4.78, 5) is 12.1. The van der Waals surface area contributed by atoms with Crippen molar-refractivity contribution in [3.8, 4) is 0 Å². The monoisotopic (exact) mass is 379 g/mol. The van der Waals surface area contributed by atoms with Gasteiger partial charge in [0.05, 0.1) is 22.2 Å². The second-order valence-electron chi connectivity index (χ2n) is 4.96. The molecule has 0 aliphatic heterocycles. The molecule has 0 heterocycles. The highest BCUT2D eigenvalue weighted by atomic mass is 35.5. The topological polar surface area (TPSA) is 29.1 Å². The van der Waals surface area contributed by atoms with Gasteiger partial charge in [0, 0.05) is 18.2 Å². The number of alkyl halides is 2. The molecule has 2 aromatic rings. The van der Waals surface area contributed by atoms with Crippen molar-refractivity contribution in [2.45, 2.75) is 13.0 Å². The van der Waals surface area contributed by atoms with Crippen LogP contribution in [0.15, 0.2) is 30.3 Å². The first-order valence-electron chi connectivity index (χ1n) is 6.74. The van der Waals surface area contributed by atoms with Gasteiger partial charge in [-0.2, -0.15) is 0 Å². The second-order valence-corrected chi connectivity index (χ2v) is 5.78. The summed E-state index contributed by atoms with van der Waals surface area (Å²) in [5.74, 6) is -1.98. The SMILES string of the molecule is O=C(CNCc1cc(F)cc(F)c1)c1c(Cl)cc(C(F)F)cc1Cl. The highest BCUT2D eigenvalue weighted by Gasteiger charge is 2.18. The van der Waals surface area contributed by atoms with Crippen molar-refractivity contribution in [1.82, 2.24) is 5.32 Å². The highest BCUT2D eigenvalue weighted by Crippen LogP contribution is 2.31. The van der Waals surface area contributed by atoms with Crippen LogP contribution in [0, 0.1) is 11.6 Å². The zero-order valence-electron chi connectivity index (χ0n) is 12.1. The first-order chi connectivity index (χ1) is 11.3. The van der Waals surface area contributed by atoms with Crippen LogP contribution in [0.5, 0.6) is 0 Å². The van der Waals surface area contributed by atoms with E-state index in [4.69, 9.17) is 23.2 Å². The average molecular weight is 380 g/mol. The summed E-state index contributed by atoms with van der Waals surface area (Å²) in [6, 6.07) is 4.94. The van der Waals surface area contributed by atoms with Gasteiger partial charge in [0.25, 0.3) is 6.43 Å².